The van der Waals surface area contributed by atoms with E-state index in [1.165, 1.54) is 16.4 Å². The minimum Gasteiger partial charge on any atom is -0.485 e. The van der Waals surface area contributed by atoms with Gasteiger partial charge in [-0.2, -0.15) is 0 Å². The minimum absolute atomic E-state index is 0.138. The number of hydrogen-bond donors (Lipinski definition) is 2. The summed E-state index contributed by atoms with van der Waals surface area (Å²) in [5.41, 5.74) is 2.71. The van der Waals surface area contributed by atoms with Gasteiger partial charge >= 0.3 is 0 Å². The second-order valence-electron chi connectivity index (χ2n) is 6.13. The quantitative estimate of drug-likeness (QED) is 0.450. The van der Waals surface area contributed by atoms with Crippen LogP contribution in [0, 0.1) is 13.8 Å². The summed E-state index contributed by atoms with van der Waals surface area (Å²) in [5, 5.41) is 11.9. The van der Waals surface area contributed by atoms with Crippen LogP contribution in [0.1, 0.15) is 17.0 Å². The van der Waals surface area contributed by atoms with Crippen molar-refractivity contribution >= 4 is 35.0 Å². The summed E-state index contributed by atoms with van der Waals surface area (Å²) >= 11 is 7.10. The summed E-state index contributed by atoms with van der Waals surface area (Å²) in [6.45, 7) is 4.15. The first-order chi connectivity index (χ1) is 13.4. The van der Waals surface area contributed by atoms with Gasteiger partial charge in [0.1, 0.15) is 12.4 Å². The number of carbonyl (C=O) groups excluding carboxylic acids is 1. The molecule has 0 bridgehead atoms. The molecule has 0 saturated heterocycles. The van der Waals surface area contributed by atoms with E-state index in [2.05, 4.69) is 15.5 Å². The molecule has 0 unspecified atom stereocenters. The van der Waals surface area contributed by atoms with E-state index in [1.807, 2.05) is 32.0 Å². The van der Waals surface area contributed by atoms with E-state index in [9.17, 15) is 4.79 Å². The second-order valence-corrected chi connectivity index (χ2v) is 7.50. The Kier molecular flexibility index (Phi) is 6.43. The van der Waals surface area contributed by atoms with E-state index in [1.54, 1.807) is 24.3 Å². The topological polar surface area (TPSA) is 95.1 Å². The zero-order chi connectivity index (χ0) is 20.1. The van der Waals surface area contributed by atoms with Crippen LogP contribution in [0.4, 0.5) is 5.69 Å². The molecule has 3 N–H and O–H groups in total. The maximum absolute atomic E-state index is 12.1. The van der Waals surface area contributed by atoms with Crippen molar-refractivity contribution in [2.75, 3.05) is 16.9 Å². The maximum atomic E-state index is 12.1. The molecule has 1 aromatic heterocycles. The average Bonchev–Trinajstić information content (AvgIpc) is 2.99. The summed E-state index contributed by atoms with van der Waals surface area (Å²) < 4.78 is 7.20. The van der Waals surface area contributed by atoms with Crippen LogP contribution in [-0.2, 0) is 11.4 Å². The number of ether oxygens (including phenoxy) is 1. The van der Waals surface area contributed by atoms with Crippen molar-refractivity contribution in [3.63, 3.8) is 0 Å². The van der Waals surface area contributed by atoms with Crippen molar-refractivity contribution in [3.05, 3.63) is 64.4 Å². The van der Waals surface area contributed by atoms with Gasteiger partial charge in [-0.25, -0.2) is 4.68 Å². The zero-order valence-electron chi connectivity index (χ0n) is 15.5. The summed E-state index contributed by atoms with van der Waals surface area (Å²) in [5.74, 6) is 7.27. The van der Waals surface area contributed by atoms with E-state index in [0.29, 0.717) is 21.7 Å². The Morgan fingerprint density at radius 3 is 2.64 bits per heavy atom. The molecular weight excluding hydrogens is 398 g/mol. The third kappa shape index (κ3) is 4.96. The summed E-state index contributed by atoms with van der Waals surface area (Å²) in [4.78, 5) is 12.1. The molecule has 0 radical (unpaired) electrons. The fourth-order valence-electron chi connectivity index (χ4n) is 2.56. The van der Waals surface area contributed by atoms with Crippen LogP contribution < -0.4 is 15.9 Å². The Hall–Kier alpha value is -2.71. The third-order valence-electron chi connectivity index (χ3n) is 3.93. The van der Waals surface area contributed by atoms with Crippen molar-refractivity contribution < 1.29 is 9.53 Å². The third-order valence-corrected chi connectivity index (χ3v) is 5.11. The molecule has 1 amide bonds. The molecule has 7 nitrogen and oxygen atoms in total. The standard InChI is InChI=1S/C19H20ClN5O2S/c1-12-5-3-6-13(2)18(12)27-10-16-23-24-19(25(16)21)28-11-17(26)22-15-8-4-7-14(20)9-15/h3-9H,10-11,21H2,1-2H3,(H,22,26). The van der Waals surface area contributed by atoms with E-state index >= 15 is 0 Å². The molecule has 0 aliphatic rings. The number of amides is 1. The highest BCUT2D eigenvalue weighted by Crippen LogP contribution is 2.24. The van der Waals surface area contributed by atoms with Crippen LogP contribution in [-0.4, -0.2) is 26.5 Å². The zero-order valence-corrected chi connectivity index (χ0v) is 17.0. The number of anilines is 1. The Bertz CT molecular complexity index is 972. The molecule has 1 heterocycles. The van der Waals surface area contributed by atoms with Gasteiger partial charge in [0.05, 0.1) is 5.75 Å². The highest BCUT2D eigenvalue weighted by molar-refractivity contribution is 7.99. The highest BCUT2D eigenvalue weighted by atomic mass is 35.5. The lowest BCUT2D eigenvalue weighted by Gasteiger charge is -2.11. The predicted molar refractivity (Wildman–Crippen MR) is 111 cm³/mol. The maximum Gasteiger partial charge on any atom is 0.234 e. The van der Waals surface area contributed by atoms with Crippen molar-refractivity contribution in [3.8, 4) is 5.75 Å². The molecule has 0 fully saturated rings. The number of nitrogens with one attached hydrogen (secondary N) is 1. The lowest BCUT2D eigenvalue weighted by Crippen LogP contribution is -2.18. The lowest BCUT2D eigenvalue weighted by atomic mass is 10.1. The van der Waals surface area contributed by atoms with Gasteiger partial charge in [-0.3, -0.25) is 4.79 Å². The summed E-state index contributed by atoms with van der Waals surface area (Å²) in [6.07, 6.45) is 0. The largest absolute Gasteiger partial charge is 0.485 e. The fraction of sp³-hybridized carbons (Fsp3) is 0.211. The van der Waals surface area contributed by atoms with Gasteiger partial charge in [0.2, 0.25) is 11.1 Å². The van der Waals surface area contributed by atoms with Gasteiger partial charge in [0.15, 0.2) is 5.82 Å². The Labute approximate surface area is 172 Å². The number of nitrogens with two attached hydrogens (primary N) is 1. The van der Waals surface area contributed by atoms with E-state index in [0.717, 1.165) is 16.9 Å². The molecule has 9 heteroatoms. The van der Waals surface area contributed by atoms with Crippen LogP contribution in [0.5, 0.6) is 5.75 Å². The van der Waals surface area contributed by atoms with Gasteiger partial charge in [-0.15, -0.1) is 10.2 Å². The highest BCUT2D eigenvalue weighted by Gasteiger charge is 2.14. The Morgan fingerprint density at radius 1 is 1.21 bits per heavy atom. The second kappa shape index (κ2) is 8.99. The van der Waals surface area contributed by atoms with E-state index in [4.69, 9.17) is 22.2 Å². The van der Waals surface area contributed by atoms with Gasteiger partial charge < -0.3 is 15.9 Å². The number of halogens is 1. The molecule has 0 saturated carbocycles. The van der Waals surface area contributed by atoms with Crippen LogP contribution in [0.2, 0.25) is 5.02 Å². The lowest BCUT2D eigenvalue weighted by molar-refractivity contribution is -0.113. The Morgan fingerprint density at radius 2 is 1.93 bits per heavy atom. The average molecular weight is 418 g/mol. The first kappa shape index (κ1) is 20.0. The molecule has 0 aliphatic heterocycles. The summed E-state index contributed by atoms with van der Waals surface area (Å²) in [7, 11) is 0. The van der Waals surface area contributed by atoms with Gasteiger partial charge in [-0.05, 0) is 43.2 Å². The molecule has 146 valence electrons. The summed E-state index contributed by atoms with van der Waals surface area (Å²) in [6, 6.07) is 12.9. The van der Waals surface area contributed by atoms with Gasteiger partial charge in [0.25, 0.3) is 0 Å². The number of rotatable bonds is 7. The van der Waals surface area contributed by atoms with Crippen molar-refractivity contribution in [2.45, 2.75) is 25.6 Å². The monoisotopic (exact) mass is 417 g/mol. The molecule has 0 atom stereocenters. The van der Waals surface area contributed by atoms with Crippen molar-refractivity contribution in [1.29, 1.82) is 0 Å². The smallest absolute Gasteiger partial charge is 0.234 e. The molecule has 2 aromatic carbocycles. The van der Waals surface area contributed by atoms with Crippen LogP contribution in [0.3, 0.4) is 0 Å². The number of nitrogen functional groups attached to an aromatic ring is 1. The number of thioether (sulfide) groups is 1. The number of hydrogen-bond acceptors (Lipinski definition) is 6. The number of aromatic nitrogens is 3. The predicted octanol–water partition coefficient (Wildman–Crippen LogP) is 3.57. The van der Waals surface area contributed by atoms with Gasteiger partial charge in [0, 0.05) is 10.7 Å². The Balaban J connectivity index is 1.56. The fourth-order valence-corrected chi connectivity index (χ4v) is 3.43. The first-order valence-electron chi connectivity index (χ1n) is 8.50. The number of aryl methyl sites for hydroxylation is 2. The number of benzene rings is 2. The van der Waals surface area contributed by atoms with Crippen LogP contribution in [0.15, 0.2) is 47.6 Å². The molecule has 0 aliphatic carbocycles. The number of para-hydroxylation sites is 1. The SMILES string of the molecule is Cc1cccc(C)c1OCc1nnc(SCC(=O)Nc2cccc(Cl)c2)n1N. The van der Waals surface area contributed by atoms with Crippen LogP contribution >= 0.6 is 23.4 Å². The molecule has 0 spiro atoms. The first-order valence-corrected chi connectivity index (χ1v) is 9.87. The normalized spacial score (nSPS) is 10.7. The number of nitrogens with zero attached hydrogens (tertiary/aromatic N) is 3. The minimum atomic E-state index is -0.191. The molecule has 28 heavy (non-hydrogen) atoms. The molecule has 3 aromatic rings. The van der Waals surface area contributed by atoms with E-state index in [-0.39, 0.29) is 18.3 Å². The van der Waals surface area contributed by atoms with Crippen molar-refractivity contribution in [1.82, 2.24) is 14.9 Å². The molecule has 3 rings (SSSR count). The number of carbonyl (C=O) groups is 1. The van der Waals surface area contributed by atoms with Crippen molar-refractivity contribution in [2.24, 2.45) is 0 Å². The molecular formula is C19H20ClN5O2S. The van der Waals surface area contributed by atoms with E-state index < -0.39 is 0 Å². The van der Waals surface area contributed by atoms with Gasteiger partial charge in [-0.1, -0.05) is 47.6 Å². The van der Waals surface area contributed by atoms with Crippen LogP contribution in [0.25, 0.3) is 0 Å².